The Morgan fingerprint density at radius 3 is 2.28 bits per heavy atom. The van der Waals surface area contributed by atoms with E-state index in [9.17, 15) is 9.59 Å². The van der Waals surface area contributed by atoms with E-state index in [4.69, 9.17) is 21.1 Å². The van der Waals surface area contributed by atoms with Gasteiger partial charge in [0.25, 0.3) is 5.91 Å². The van der Waals surface area contributed by atoms with Gasteiger partial charge in [0.05, 0.1) is 31.5 Å². The van der Waals surface area contributed by atoms with Crippen molar-refractivity contribution in [1.29, 1.82) is 0 Å². The van der Waals surface area contributed by atoms with E-state index in [1.54, 1.807) is 42.5 Å². The van der Waals surface area contributed by atoms with Gasteiger partial charge in [-0.15, -0.1) is 0 Å². The molecule has 0 heterocycles. The predicted octanol–water partition coefficient (Wildman–Crippen LogP) is 4.97. The number of ether oxygens (including phenoxy) is 2. The number of amides is 2. The Kier molecular flexibility index (Phi) is 7.57. The maximum absolute atomic E-state index is 12.5. The largest absolute Gasteiger partial charge is 0.495 e. The molecule has 3 rings (SSSR count). The third-order valence-electron chi connectivity index (χ3n) is 4.72. The Balaban J connectivity index is 1.65. The third kappa shape index (κ3) is 5.70. The van der Waals surface area contributed by atoms with E-state index in [-0.39, 0.29) is 18.4 Å². The molecule has 0 fully saturated rings. The van der Waals surface area contributed by atoms with E-state index >= 15 is 0 Å². The van der Waals surface area contributed by atoms with Gasteiger partial charge in [-0.2, -0.15) is 0 Å². The quantitative estimate of drug-likeness (QED) is 0.448. The molecule has 2 amide bonds. The van der Waals surface area contributed by atoms with Crippen LogP contribution in [0.2, 0.25) is 5.02 Å². The molecular weight excluding hydrogens is 430 g/mol. The molecule has 7 nitrogen and oxygen atoms in total. The van der Waals surface area contributed by atoms with Crippen molar-refractivity contribution >= 4 is 40.5 Å². The monoisotopic (exact) mass is 453 g/mol. The molecule has 3 aromatic rings. The molecule has 0 bridgehead atoms. The Bertz CT molecular complexity index is 1120. The van der Waals surface area contributed by atoms with Crippen molar-refractivity contribution in [3.63, 3.8) is 0 Å². The smallest absolute Gasteiger partial charge is 0.255 e. The van der Waals surface area contributed by atoms with Gasteiger partial charge >= 0.3 is 0 Å². The van der Waals surface area contributed by atoms with E-state index in [0.717, 1.165) is 11.3 Å². The fourth-order valence-electron chi connectivity index (χ4n) is 3.01. The molecule has 0 unspecified atom stereocenters. The summed E-state index contributed by atoms with van der Waals surface area (Å²) in [5, 5.41) is 9.09. The van der Waals surface area contributed by atoms with Crippen molar-refractivity contribution in [1.82, 2.24) is 0 Å². The highest BCUT2D eigenvalue weighted by atomic mass is 35.5. The Hall–Kier alpha value is -3.71. The van der Waals surface area contributed by atoms with Gasteiger partial charge < -0.3 is 25.4 Å². The summed E-state index contributed by atoms with van der Waals surface area (Å²) < 4.78 is 10.5. The second-order valence-corrected chi connectivity index (χ2v) is 7.35. The van der Waals surface area contributed by atoms with Crippen LogP contribution >= 0.6 is 11.6 Å². The van der Waals surface area contributed by atoms with Crippen LogP contribution in [-0.4, -0.2) is 32.6 Å². The summed E-state index contributed by atoms with van der Waals surface area (Å²) in [5.41, 5.74) is 3.28. The molecule has 166 valence electrons. The molecule has 0 aromatic heterocycles. The van der Waals surface area contributed by atoms with Gasteiger partial charge in [0, 0.05) is 23.0 Å². The first-order valence-corrected chi connectivity index (χ1v) is 10.2. The number of anilines is 3. The van der Waals surface area contributed by atoms with Gasteiger partial charge in [-0.1, -0.05) is 35.9 Å². The first-order valence-electron chi connectivity index (χ1n) is 9.83. The molecule has 8 heteroatoms. The van der Waals surface area contributed by atoms with E-state index in [2.05, 4.69) is 16.0 Å². The van der Waals surface area contributed by atoms with Crippen molar-refractivity contribution in [2.75, 3.05) is 36.7 Å². The predicted molar refractivity (Wildman–Crippen MR) is 127 cm³/mol. The summed E-state index contributed by atoms with van der Waals surface area (Å²) in [7, 11) is 3.00. The number of aryl methyl sites for hydroxylation is 1. The Morgan fingerprint density at radius 2 is 1.59 bits per heavy atom. The molecule has 0 saturated heterocycles. The fraction of sp³-hybridized carbons (Fsp3) is 0.167. The summed E-state index contributed by atoms with van der Waals surface area (Å²) in [6.07, 6.45) is 0. The maximum Gasteiger partial charge on any atom is 0.255 e. The molecule has 0 aliphatic rings. The minimum absolute atomic E-state index is 0.00370. The Labute approximate surface area is 191 Å². The number of methoxy groups -OCH3 is 2. The van der Waals surface area contributed by atoms with Gasteiger partial charge in [-0.05, 0) is 42.8 Å². The van der Waals surface area contributed by atoms with Crippen LogP contribution in [0.25, 0.3) is 0 Å². The lowest BCUT2D eigenvalue weighted by Crippen LogP contribution is -2.22. The van der Waals surface area contributed by atoms with Crippen LogP contribution in [0.4, 0.5) is 17.1 Å². The molecule has 0 spiro atoms. The molecule has 0 saturated carbocycles. The highest BCUT2D eigenvalue weighted by molar-refractivity contribution is 6.32. The van der Waals surface area contributed by atoms with Crippen LogP contribution in [0.3, 0.4) is 0 Å². The first kappa shape index (κ1) is 23.0. The number of hydrogen-bond donors (Lipinski definition) is 3. The summed E-state index contributed by atoms with van der Waals surface area (Å²) in [4.78, 5) is 24.9. The van der Waals surface area contributed by atoms with Crippen LogP contribution in [-0.2, 0) is 4.79 Å². The van der Waals surface area contributed by atoms with Crippen LogP contribution in [0.5, 0.6) is 11.5 Å². The summed E-state index contributed by atoms with van der Waals surface area (Å²) in [6, 6.07) is 17.6. The van der Waals surface area contributed by atoms with E-state index < -0.39 is 0 Å². The van der Waals surface area contributed by atoms with Crippen molar-refractivity contribution < 1.29 is 19.1 Å². The lowest BCUT2D eigenvalue weighted by molar-refractivity contribution is -0.114. The summed E-state index contributed by atoms with van der Waals surface area (Å²) in [6.45, 7) is 1.92. The average Bonchev–Trinajstić information content (AvgIpc) is 2.80. The number of hydrogen-bond acceptors (Lipinski definition) is 5. The van der Waals surface area contributed by atoms with Gasteiger partial charge in [-0.3, -0.25) is 9.59 Å². The lowest BCUT2D eigenvalue weighted by Gasteiger charge is -2.15. The van der Waals surface area contributed by atoms with E-state index in [0.29, 0.717) is 33.5 Å². The SMILES string of the molecule is COc1cc(OC)c(NC(=O)CNc2cc(NC(=O)c3ccccc3)ccc2C)cc1Cl. The second kappa shape index (κ2) is 10.5. The highest BCUT2D eigenvalue weighted by Gasteiger charge is 2.13. The molecular formula is C24H24ClN3O4. The first-order chi connectivity index (χ1) is 15.4. The van der Waals surface area contributed by atoms with Crippen LogP contribution in [0, 0.1) is 6.92 Å². The van der Waals surface area contributed by atoms with Crippen molar-refractivity contribution in [3.8, 4) is 11.5 Å². The van der Waals surface area contributed by atoms with Crippen molar-refractivity contribution in [3.05, 3.63) is 76.8 Å². The fourth-order valence-corrected chi connectivity index (χ4v) is 3.25. The zero-order chi connectivity index (χ0) is 23.1. The zero-order valence-electron chi connectivity index (χ0n) is 18.0. The number of benzene rings is 3. The standard InChI is InChI=1S/C24H24ClN3O4/c1-15-9-10-17(27-24(30)16-7-5-4-6-8-16)11-19(15)26-14-23(29)28-20-12-18(25)21(31-2)13-22(20)32-3/h4-13,26H,14H2,1-3H3,(H,27,30)(H,28,29). The number of carbonyl (C=O) groups excluding carboxylic acids is 2. The molecule has 0 atom stereocenters. The molecule has 3 aromatic carbocycles. The number of carbonyl (C=O) groups is 2. The van der Waals surface area contributed by atoms with Crippen molar-refractivity contribution in [2.45, 2.75) is 6.92 Å². The average molecular weight is 454 g/mol. The van der Waals surface area contributed by atoms with Crippen LogP contribution in [0.1, 0.15) is 15.9 Å². The van der Waals surface area contributed by atoms with Gasteiger partial charge in [0.1, 0.15) is 11.5 Å². The molecule has 32 heavy (non-hydrogen) atoms. The second-order valence-electron chi connectivity index (χ2n) is 6.94. The van der Waals surface area contributed by atoms with Gasteiger partial charge in [0.2, 0.25) is 5.91 Å². The van der Waals surface area contributed by atoms with Crippen molar-refractivity contribution in [2.24, 2.45) is 0 Å². The topological polar surface area (TPSA) is 88.7 Å². The van der Waals surface area contributed by atoms with E-state index in [1.165, 1.54) is 14.2 Å². The van der Waals surface area contributed by atoms with Crippen LogP contribution in [0.15, 0.2) is 60.7 Å². The van der Waals surface area contributed by atoms with Gasteiger partial charge in [-0.25, -0.2) is 0 Å². The molecule has 0 aliphatic carbocycles. The zero-order valence-corrected chi connectivity index (χ0v) is 18.7. The number of rotatable bonds is 8. The molecule has 0 radical (unpaired) electrons. The minimum atomic E-state index is -0.289. The number of nitrogens with one attached hydrogen (secondary N) is 3. The van der Waals surface area contributed by atoms with Crippen LogP contribution < -0.4 is 25.4 Å². The third-order valence-corrected chi connectivity index (χ3v) is 5.01. The lowest BCUT2D eigenvalue weighted by atomic mass is 10.1. The summed E-state index contributed by atoms with van der Waals surface area (Å²) in [5.74, 6) is 0.385. The van der Waals surface area contributed by atoms with E-state index in [1.807, 2.05) is 25.1 Å². The normalized spacial score (nSPS) is 10.2. The number of halogens is 1. The minimum Gasteiger partial charge on any atom is -0.495 e. The molecule has 0 aliphatic heterocycles. The summed E-state index contributed by atoms with van der Waals surface area (Å²) >= 11 is 6.16. The maximum atomic E-state index is 12.5. The highest BCUT2D eigenvalue weighted by Crippen LogP contribution is 2.35. The van der Waals surface area contributed by atoms with Gasteiger partial charge in [0.15, 0.2) is 0 Å². The Morgan fingerprint density at radius 1 is 0.875 bits per heavy atom. The molecule has 3 N–H and O–H groups in total.